The van der Waals surface area contributed by atoms with E-state index in [1.165, 1.54) is 5.56 Å². The van der Waals surface area contributed by atoms with Crippen molar-refractivity contribution in [3.8, 4) is 0 Å². The third kappa shape index (κ3) is 3.47. The van der Waals surface area contributed by atoms with Crippen LogP contribution in [0.5, 0.6) is 0 Å². The van der Waals surface area contributed by atoms with Crippen molar-refractivity contribution in [2.45, 2.75) is 26.3 Å². The molecule has 1 rings (SSSR count). The lowest BCUT2D eigenvalue weighted by molar-refractivity contribution is 0.545. The average Bonchev–Trinajstić information content (AvgIpc) is 2.58. The zero-order valence-electron chi connectivity index (χ0n) is 10.4. The summed E-state index contributed by atoms with van der Waals surface area (Å²) >= 11 is 0. The first-order valence-electron chi connectivity index (χ1n) is 5.73. The van der Waals surface area contributed by atoms with Crippen LogP contribution in [-0.2, 0) is 7.05 Å². The number of nitrogens with two attached hydrogens (primary N) is 1. The summed E-state index contributed by atoms with van der Waals surface area (Å²) in [5.74, 6) is 0. The Balaban J connectivity index is 2.57. The van der Waals surface area contributed by atoms with E-state index < -0.39 is 0 Å². The van der Waals surface area contributed by atoms with Crippen LogP contribution in [0.2, 0.25) is 0 Å². The molecular formula is C12H22N4. The van der Waals surface area contributed by atoms with Gasteiger partial charge >= 0.3 is 0 Å². The summed E-state index contributed by atoms with van der Waals surface area (Å²) in [7, 11) is 1.93. The van der Waals surface area contributed by atoms with Crippen LogP contribution in [0, 0.1) is 6.92 Å². The van der Waals surface area contributed by atoms with E-state index in [-0.39, 0.29) is 6.04 Å². The van der Waals surface area contributed by atoms with Crippen LogP contribution < -0.4 is 11.1 Å². The monoisotopic (exact) mass is 222 g/mol. The van der Waals surface area contributed by atoms with Gasteiger partial charge in [-0.1, -0.05) is 12.2 Å². The normalized spacial score (nSPS) is 13.5. The van der Waals surface area contributed by atoms with Crippen molar-refractivity contribution in [3.05, 3.63) is 29.6 Å². The molecule has 90 valence electrons. The molecule has 0 bridgehead atoms. The number of nitrogens with zero attached hydrogens (tertiary/aromatic N) is 2. The maximum absolute atomic E-state index is 5.78. The number of allylic oxidation sites excluding steroid dienone is 1. The van der Waals surface area contributed by atoms with E-state index in [0.717, 1.165) is 18.7 Å². The molecule has 0 fully saturated rings. The Bertz CT molecular complexity index is 341. The van der Waals surface area contributed by atoms with Gasteiger partial charge in [-0.15, -0.1) is 0 Å². The molecule has 1 atom stereocenters. The van der Waals surface area contributed by atoms with Gasteiger partial charge in [-0.3, -0.25) is 4.68 Å². The second kappa shape index (κ2) is 6.45. The number of nitrogens with one attached hydrogen (secondary N) is 1. The fourth-order valence-electron chi connectivity index (χ4n) is 1.79. The van der Waals surface area contributed by atoms with Gasteiger partial charge in [0.05, 0.1) is 5.69 Å². The third-order valence-corrected chi connectivity index (χ3v) is 2.60. The van der Waals surface area contributed by atoms with Gasteiger partial charge in [0.15, 0.2) is 0 Å². The van der Waals surface area contributed by atoms with Crippen molar-refractivity contribution in [3.63, 3.8) is 0 Å². The molecule has 0 saturated carbocycles. The minimum Gasteiger partial charge on any atom is -0.329 e. The molecule has 1 aromatic heterocycles. The standard InChI is InChI=1S/C12H22N4/c1-4-5-6-7-14-12(8-13)11-9-16(3)15-10(11)2/h4-5,9,12,14H,6-8,13H2,1-3H3/b5-4+. The van der Waals surface area contributed by atoms with Crippen LogP contribution in [0.15, 0.2) is 18.3 Å². The van der Waals surface area contributed by atoms with Crippen molar-refractivity contribution in [2.24, 2.45) is 12.8 Å². The van der Waals surface area contributed by atoms with Crippen LogP contribution in [0.1, 0.15) is 30.6 Å². The SMILES string of the molecule is C/C=C/CCNC(CN)c1cn(C)nc1C. The molecule has 0 aliphatic carbocycles. The van der Waals surface area contributed by atoms with Crippen molar-refractivity contribution < 1.29 is 0 Å². The fourth-order valence-corrected chi connectivity index (χ4v) is 1.79. The van der Waals surface area contributed by atoms with Gasteiger partial charge in [0.2, 0.25) is 0 Å². The first-order chi connectivity index (χ1) is 7.69. The molecule has 3 N–H and O–H groups in total. The van der Waals surface area contributed by atoms with Gasteiger partial charge in [-0.05, 0) is 26.8 Å². The molecule has 0 amide bonds. The number of hydrogen-bond donors (Lipinski definition) is 2. The molecular weight excluding hydrogens is 200 g/mol. The van der Waals surface area contributed by atoms with E-state index in [1.807, 2.05) is 31.8 Å². The number of hydrogen-bond acceptors (Lipinski definition) is 3. The number of aryl methyl sites for hydroxylation is 2. The van der Waals surface area contributed by atoms with Crippen molar-refractivity contribution in [1.29, 1.82) is 0 Å². The van der Waals surface area contributed by atoms with E-state index in [2.05, 4.69) is 22.6 Å². The summed E-state index contributed by atoms with van der Waals surface area (Å²) in [6.45, 7) is 5.60. The fraction of sp³-hybridized carbons (Fsp3) is 0.583. The van der Waals surface area contributed by atoms with E-state index >= 15 is 0 Å². The number of rotatable bonds is 6. The topological polar surface area (TPSA) is 55.9 Å². The Morgan fingerprint density at radius 2 is 2.38 bits per heavy atom. The van der Waals surface area contributed by atoms with Gasteiger partial charge in [0.1, 0.15) is 0 Å². The lowest BCUT2D eigenvalue weighted by atomic mass is 10.1. The third-order valence-electron chi connectivity index (χ3n) is 2.60. The van der Waals surface area contributed by atoms with E-state index in [4.69, 9.17) is 5.73 Å². The Hall–Kier alpha value is -1.13. The van der Waals surface area contributed by atoms with E-state index in [1.54, 1.807) is 0 Å². The minimum atomic E-state index is 0.207. The molecule has 1 unspecified atom stereocenters. The van der Waals surface area contributed by atoms with Gasteiger partial charge in [0.25, 0.3) is 0 Å². The minimum absolute atomic E-state index is 0.207. The summed E-state index contributed by atoms with van der Waals surface area (Å²) in [6.07, 6.45) is 7.28. The van der Waals surface area contributed by atoms with Gasteiger partial charge in [-0.2, -0.15) is 5.10 Å². The molecule has 16 heavy (non-hydrogen) atoms. The summed E-state index contributed by atoms with van der Waals surface area (Å²) < 4.78 is 1.83. The average molecular weight is 222 g/mol. The molecule has 1 heterocycles. The lowest BCUT2D eigenvalue weighted by Crippen LogP contribution is -2.29. The molecule has 0 saturated heterocycles. The van der Waals surface area contributed by atoms with Crippen molar-refractivity contribution in [1.82, 2.24) is 15.1 Å². The first kappa shape index (κ1) is 12.9. The highest BCUT2D eigenvalue weighted by Gasteiger charge is 2.13. The molecule has 4 nitrogen and oxygen atoms in total. The zero-order chi connectivity index (χ0) is 12.0. The maximum Gasteiger partial charge on any atom is 0.0641 e. The second-order valence-electron chi connectivity index (χ2n) is 3.94. The van der Waals surface area contributed by atoms with Crippen LogP contribution >= 0.6 is 0 Å². The Morgan fingerprint density at radius 3 is 2.88 bits per heavy atom. The molecule has 0 aliphatic heterocycles. The Labute approximate surface area is 97.5 Å². The molecule has 4 heteroatoms. The smallest absolute Gasteiger partial charge is 0.0641 e. The molecule has 0 aromatic carbocycles. The van der Waals surface area contributed by atoms with E-state index in [0.29, 0.717) is 6.54 Å². The van der Waals surface area contributed by atoms with Crippen LogP contribution in [-0.4, -0.2) is 22.9 Å². The van der Waals surface area contributed by atoms with Gasteiger partial charge in [-0.25, -0.2) is 0 Å². The first-order valence-corrected chi connectivity index (χ1v) is 5.73. The largest absolute Gasteiger partial charge is 0.329 e. The molecule has 0 aliphatic rings. The lowest BCUT2D eigenvalue weighted by Gasteiger charge is -2.15. The van der Waals surface area contributed by atoms with E-state index in [9.17, 15) is 0 Å². The highest BCUT2D eigenvalue weighted by molar-refractivity contribution is 5.20. The van der Waals surface area contributed by atoms with Crippen LogP contribution in [0.4, 0.5) is 0 Å². The Morgan fingerprint density at radius 1 is 1.62 bits per heavy atom. The summed E-state index contributed by atoms with van der Waals surface area (Å²) in [6, 6.07) is 0.207. The number of aromatic nitrogens is 2. The summed E-state index contributed by atoms with van der Waals surface area (Å²) in [4.78, 5) is 0. The van der Waals surface area contributed by atoms with Crippen LogP contribution in [0.3, 0.4) is 0 Å². The predicted molar refractivity (Wildman–Crippen MR) is 67.2 cm³/mol. The summed E-state index contributed by atoms with van der Waals surface area (Å²) in [5.41, 5.74) is 8.03. The van der Waals surface area contributed by atoms with Gasteiger partial charge < -0.3 is 11.1 Å². The molecule has 0 spiro atoms. The van der Waals surface area contributed by atoms with Crippen molar-refractivity contribution >= 4 is 0 Å². The summed E-state index contributed by atoms with van der Waals surface area (Å²) in [5, 5.41) is 7.78. The zero-order valence-corrected chi connectivity index (χ0v) is 10.4. The second-order valence-corrected chi connectivity index (χ2v) is 3.94. The molecule has 0 radical (unpaired) electrons. The predicted octanol–water partition coefficient (Wildman–Crippen LogP) is 1.28. The van der Waals surface area contributed by atoms with Crippen LogP contribution in [0.25, 0.3) is 0 Å². The quantitative estimate of drug-likeness (QED) is 0.563. The maximum atomic E-state index is 5.78. The van der Waals surface area contributed by atoms with Gasteiger partial charge in [0, 0.05) is 31.4 Å². The highest BCUT2D eigenvalue weighted by atomic mass is 15.3. The molecule has 1 aromatic rings. The van der Waals surface area contributed by atoms with Crippen molar-refractivity contribution in [2.75, 3.05) is 13.1 Å². The highest BCUT2D eigenvalue weighted by Crippen LogP contribution is 2.14. The Kier molecular flexibility index (Phi) is 5.22.